The zero-order chi connectivity index (χ0) is 10.4. The topological polar surface area (TPSA) is 61.4 Å². The van der Waals surface area contributed by atoms with Gasteiger partial charge in [0.1, 0.15) is 5.75 Å². The van der Waals surface area contributed by atoms with E-state index in [0.717, 1.165) is 5.56 Å². The van der Waals surface area contributed by atoms with Crippen LogP contribution in [0.5, 0.6) is 5.75 Å². The predicted octanol–water partition coefficient (Wildman–Crippen LogP) is 0.575. The van der Waals surface area contributed by atoms with E-state index in [1.165, 1.54) is 0 Å². The molecule has 3 N–H and O–H groups in total. The predicted molar refractivity (Wildman–Crippen MR) is 53.6 cm³/mol. The minimum absolute atomic E-state index is 0.0411. The first-order valence-corrected chi connectivity index (χ1v) is 4.46. The van der Waals surface area contributed by atoms with Gasteiger partial charge in [-0.25, -0.2) is 5.43 Å². The average Bonchev–Trinajstić information content (AvgIpc) is 2.17. The lowest BCUT2D eigenvalue weighted by Crippen LogP contribution is -2.34. The number of nitrogens with one attached hydrogen (secondary N) is 2. The van der Waals surface area contributed by atoms with E-state index in [4.69, 9.17) is 5.11 Å². The van der Waals surface area contributed by atoms with Crippen molar-refractivity contribution in [3.63, 3.8) is 0 Å². The summed E-state index contributed by atoms with van der Waals surface area (Å²) in [7, 11) is 1.65. The Bertz CT molecular complexity index is 295. The number of aromatic hydroxyl groups is 1. The number of hydrogen-bond acceptors (Lipinski definition) is 3. The van der Waals surface area contributed by atoms with Gasteiger partial charge in [0, 0.05) is 13.5 Å². The minimum Gasteiger partial charge on any atom is -0.508 e. The Morgan fingerprint density at radius 3 is 2.57 bits per heavy atom. The van der Waals surface area contributed by atoms with Gasteiger partial charge in [0.05, 0.1) is 0 Å². The summed E-state index contributed by atoms with van der Waals surface area (Å²) in [5, 5.41) is 9.03. The number of hydrazine groups is 1. The molecular formula is C10H14N2O2. The first-order valence-electron chi connectivity index (χ1n) is 4.46. The summed E-state index contributed by atoms with van der Waals surface area (Å²) in [5.41, 5.74) is 6.10. The molecule has 0 unspecified atom stereocenters. The van der Waals surface area contributed by atoms with Crippen LogP contribution in [0.3, 0.4) is 0 Å². The first kappa shape index (κ1) is 10.5. The maximum absolute atomic E-state index is 11.1. The molecule has 76 valence electrons. The van der Waals surface area contributed by atoms with Gasteiger partial charge in [0.25, 0.3) is 0 Å². The zero-order valence-corrected chi connectivity index (χ0v) is 8.08. The standard InChI is InChI=1S/C10H14N2O2/c1-11-12-10(14)7-4-8-2-5-9(13)6-3-8/h2-3,5-6,11,13H,4,7H2,1H3,(H,12,14). The second kappa shape index (κ2) is 5.24. The molecule has 0 radical (unpaired) electrons. The van der Waals surface area contributed by atoms with E-state index in [9.17, 15) is 4.79 Å². The third kappa shape index (κ3) is 3.45. The summed E-state index contributed by atoms with van der Waals surface area (Å²) in [6, 6.07) is 6.85. The largest absolute Gasteiger partial charge is 0.508 e. The molecule has 4 nitrogen and oxygen atoms in total. The molecule has 4 heteroatoms. The van der Waals surface area contributed by atoms with Gasteiger partial charge in [-0.2, -0.15) is 0 Å². The monoisotopic (exact) mass is 194 g/mol. The Hall–Kier alpha value is -1.55. The number of amides is 1. The molecule has 0 spiro atoms. The van der Waals surface area contributed by atoms with Crippen LogP contribution in [-0.4, -0.2) is 18.1 Å². The number of carbonyl (C=O) groups is 1. The van der Waals surface area contributed by atoms with E-state index in [0.29, 0.717) is 12.8 Å². The Morgan fingerprint density at radius 2 is 2.00 bits per heavy atom. The van der Waals surface area contributed by atoms with E-state index < -0.39 is 0 Å². The maximum atomic E-state index is 11.1. The summed E-state index contributed by atoms with van der Waals surface area (Å²) >= 11 is 0. The number of phenolic OH excluding ortho intramolecular Hbond substituents is 1. The molecule has 1 aromatic rings. The van der Waals surface area contributed by atoms with Crippen LogP contribution < -0.4 is 10.9 Å². The van der Waals surface area contributed by atoms with Crippen LogP contribution in [0, 0.1) is 0 Å². The zero-order valence-electron chi connectivity index (χ0n) is 8.08. The second-order valence-corrected chi connectivity index (χ2v) is 2.96. The van der Waals surface area contributed by atoms with Gasteiger partial charge in [0.2, 0.25) is 5.91 Å². The van der Waals surface area contributed by atoms with Gasteiger partial charge in [0.15, 0.2) is 0 Å². The lowest BCUT2D eigenvalue weighted by atomic mass is 10.1. The number of benzene rings is 1. The number of rotatable bonds is 4. The summed E-state index contributed by atoms with van der Waals surface area (Å²) in [4.78, 5) is 11.1. The molecule has 0 bridgehead atoms. The Labute approximate surface area is 82.9 Å². The molecule has 14 heavy (non-hydrogen) atoms. The van der Waals surface area contributed by atoms with Gasteiger partial charge < -0.3 is 5.11 Å². The molecule has 1 rings (SSSR count). The molecule has 0 fully saturated rings. The fourth-order valence-corrected chi connectivity index (χ4v) is 1.12. The summed E-state index contributed by atoms with van der Waals surface area (Å²) in [6.07, 6.45) is 1.11. The number of phenols is 1. The summed E-state index contributed by atoms with van der Waals surface area (Å²) < 4.78 is 0. The molecule has 1 aromatic carbocycles. The van der Waals surface area contributed by atoms with Crippen LogP contribution in [0.2, 0.25) is 0 Å². The quantitative estimate of drug-likeness (QED) is 0.614. The van der Waals surface area contributed by atoms with E-state index in [2.05, 4.69) is 10.9 Å². The van der Waals surface area contributed by atoms with Crippen molar-refractivity contribution in [2.75, 3.05) is 7.05 Å². The van der Waals surface area contributed by atoms with Crippen LogP contribution in [0.4, 0.5) is 0 Å². The van der Waals surface area contributed by atoms with Crippen LogP contribution >= 0.6 is 0 Å². The molecule has 1 amide bonds. The van der Waals surface area contributed by atoms with E-state index in [1.54, 1.807) is 19.2 Å². The smallest absolute Gasteiger partial charge is 0.234 e. The molecule has 0 aliphatic heterocycles. The maximum Gasteiger partial charge on any atom is 0.234 e. The van der Waals surface area contributed by atoms with Crippen molar-refractivity contribution in [3.8, 4) is 5.75 Å². The lowest BCUT2D eigenvalue weighted by Gasteiger charge is -2.02. The molecule has 0 aliphatic carbocycles. The fraction of sp³-hybridized carbons (Fsp3) is 0.300. The summed E-state index contributed by atoms with van der Waals surface area (Å²) in [6.45, 7) is 0. The van der Waals surface area contributed by atoms with Crippen LogP contribution in [-0.2, 0) is 11.2 Å². The van der Waals surface area contributed by atoms with Crippen LogP contribution in [0.15, 0.2) is 24.3 Å². The van der Waals surface area contributed by atoms with Gasteiger partial charge >= 0.3 is 0 Å². The van der Waals surface area contributed by atoms with Crippen molar-refractivity contribution in [1.29, 1.82) is 0 Å². The number of hydrogen-bond donors (Lipinski definition) is 3. The Kier molecular flexibility index (Phi) is 3.94. The minimum atomic E-state index is -0.0411. The van der Waals surface area contributed by atoms with Crippen molar-refractivity contribution < 1.29 is 9.90 Å². The lowest BCUT2D eigenvalue weighted by molar-refractivity contribution is -0.121. The average molecular weight is 194 g/mol. The molecule has 0 saturated heterocycles. The van der Waals surface area contributed by atoms with E-state index >= 15 is 0 Å². The van der Waals surface area contributed by atoms with E-state index in [1.807, 2.05) is 12.1 Å². The molecular weight excluding hydrogens is 180 g/mol. The van der Waals surface area contributed by atoms with Gasteiger partial charge in [-0.3, -0.25) is 10.2 Å². The SMILES string of the molecule is CNNC(=O)CCc1ccc(O)cc1. The van der Waals surface area contributed by atoms with Crippen LogP contribution in [0.1, 0.15) is 12.0 Å². The third-order valence-electron chi connectivity index (χ3n) is 1.84. The molecule has 0 aromatic heterocycles. The third-order valence-corrected chi connectivity index (χ3v) is 1.84. The van der Waals surface area contributed by atoms with Crippen molar-refractivity contribution in [2.45, 2.75) is 12.8 Å². The van der Waals surface area contributed by atoms with Gasteiger partial charge in [-0.1, -0.05) is 12.1 Å². The van der Waals surface area contributed by atoms with Crippen molar-refractivity contribution in [2.24, 2.45) is 0 Å². The molecule has 0 saturated carbocycles. The first-order chi connectivity index (χ1) is 6.72. The number of carbonyl (C=O) groups excluding carboxylic acids is 1. The Balaban J connectivity index is 2.38. The highest BCUT2D eigenvalue weighted by atomic mass is 16.3. The molecule has 0 atom stereocenters. The normalized spacial score (nSPS) is 9.79. The molecule has 0 heterocycles. The van der Waals surface area contributed by atoms with Crippen molar-refractivity contribution in [1.82, 2.24) is 10.9 Å². The highest BCUT2D eigenvalue weighted by Gasteiger charge is 2.00. The van der Waals surface area contributed by atoms with Crippen LogP contribution in [0.25, 0.3) is 0 Å². The number of aryl methyl sites for hydroxylation is 1. The highest BCUT2D eigenvalue weighted by Crippen LogP contribution is 2.10. The van der Waals surface area contributed by atoms with Crippen molar-refractivity contribution in [3.05, 3.63) is 29.8 Å². The van der Waals surface area contributed by atoms with E-state index in [-0.39, 0.29) is 11.7 Å². The van der Waals surface area contributed by atoms with Gasteiger partial charge in [-0.15, -0.1) is 0 Å². The highest BCUT2D eigenvalue weighted by molar-refractivity contribution is 5.75. The Morgan fingerprint density at radius 1 is 1.36 bits per heavy atom. The van der Waals surface area contributed by atoms with Crippen molar-refractivity contribution >= 4 is 5.91 Å². The summed E-state index contributed by atoms with van der Waals surface area (Å²) in [5.74, 6) is 0.203. The second-order valence-electron chi connectivity index (χ2n) is 2.96. The fourth-order valence-electron chi connectivity index (χ4n) is 1.12. The van der Waals surface area contributed by atoms with Gasteiger partial charge in [-0.05, 0) is 24.1 Å². The molecule has 0 aliphatic rings.